The first-order valence-electron chi connectivity index (χ1n) is 6.71. The smallest absolute Gasteiger partial charge is 0.222 e. The van der Waals surface area contributed by atoms with E-state index in [0.29, 0.717) is 29.9 Å². The Morgan fingerprint density at radius 3 is 2.50 bits per heavy atom. The fourth-order valence-corrected chi connectivity index (χ4v) is 1.81. The second kappa shape index (κ2) is 6.80. The highest BCUT2D eigenvalue weighted by molar-refractivity contribution is 5.44. The molecule has 0 atom stereocenters. The second-order valence-electron chi connectivity index (χ2n) is 4.19. The van der Waals surface area contributed by atoms with Crippen molar-refractivity contribution < 1.29 is 14.2 Å². The first kappa shape index (κ1) is 14.2. The van der Waals surface area contributed by atoms with E-state index in [4.69, 9.17) is 14.2 Å². The van der Waals surface area contributed by atoms with Crippen LogP contribution in [-0.4, -0.2) is 18.7 Å². The third-order valence-electron chi connectivity index (χ3n) is 2.84. The SMILES string of the molecule is CCOc1cccc(Oc2ccc(CC)cc2OC)n1. The topological polar surface area (TPSA) is 40.6 Å². The van der Waals surface area contributed by atoms with Crippen molar-refractivity contribution in [3.05, 3.63) is 42.0 Å². The molecule has 0 bridgehead atoms. The number of pyridine rings is 1. The minimum Gasteiger partial charge on any atom is -0.493 e. The maximum atomic E-state index is 5.77. The normalized spacial score (nSPS) is 10.2. The van der Waals surface area contributed by atoms with Crippen LogP contribution in [0, 0.1) is 0 Å². The van der Waals surface area contributed by atoms with Gasteiger partial charge >= 0.3 is 0 Å². The lowest BCUT2D eigenvalue weighted by atomic mass is 10.1. The lowest BCUT2D eigenvalue weighted by Gasteiger charge is -2.11. The van der Waals surface area contributed by atoms with Gasteiger partial charge in [0.25, 0.3) is 0 Å². The lowest BCUT2D eigenvalue weighted by Crippen LogP contribution is -1.97. The monoisotopic (exact) mass is 273 g/mol. The molecule has 1 aromatic carbocycles. The molecule has 0 radical (unpaired) electrons. The van der Waals surface area contributed by atoms with Gasteiger partial charge in [-0.25, -0.2) is 0 Å². The van der Waals surface area contributed by atoms with Crippen molar-refractivity contribution in [2.24, 2.45) is 0 Å². The van der Waals surface area contributed by atoms with Crippen molar-refractivity contribution in [3.63, 3.8) is 0 Å². The molecule has 1 aromatic heterocycles. The third-order valence-corrected chi connectivity index (χ3v) is 2.84. The molecule has 0 aliphatic carbocycles. The van der Waals surface area contributed by atoms with Crippen molar-refractivity contribution in [1.82, 2.24) is 4.98 Å². The molecule has 20 heavy (non-hydrogen) atoms. The summed E-state index contributed by atoms with van der Waals surface area (Å²) in [5, 5.41) is 0. The average molecular weight is 273 g/mol. The number of benzene rings is 1. The van der Waals surface area contributed by atoms with Gasteiger partial charge in [0.05, 0.1) is 13.7 Å². The average Bonchev–Trinajstić information content (AvgIpc) is 2.48. The summed E-state index contributed by atoms with van der Waals surface area (Å²) in [6.07, 6.45) is 0.953. The van der Waals surface area contributed by atoms with Gasteiger partial charge in [0, 0.05) is 12.1 Å². The van der Waals surface area contributed by atoms with Crippen LogP contribution in [0.5, 0.6) is 23.3 Å². The fraction of sp³-hybridized carbons (Fsp3) is 0.312. The van der Waals surface area contributed by atoms with Gasteiger partial charge in [-0.05, 0) is 31.0 Å². The third kappa shape index (κ3) is 3.41. The molecule has 4 nitrogen and oxygen atoms in total. The van der Waals surface area contributed by atoms with E-state index in [0.717, 1.165) is 6.42 Å². The van der Waals surface area contributed by atoms with Crippen LogP contribution in [0.25, 0.3) is 0 Å². The number of methoxy groups -OCH3 is 1. The Morgan fingerprint density at radius 1 is 1.00 bits per heavy atom. The Kier molecular flexibility index (Phi) is 4.82. The van der Waals surface area contributed by atoms with E-state index in [9.17, 15) is 0 Å². The molecule has 4 heteroatoms. The highest BCUT2D eigenvalue weighted by Crippen LogP contribution is 2.32. The molecule has 0 spiro atoms. The number of aromatic nitrogens is 1. The standard InChI is InChI=1S/C16H19NO3/c1-4-12-9-10-13(14(11-12)18-3)20-16-8-6-7-15(17-16)19-5-2/h6-11H,4-5H2,1-3H3. The number of hydrogen-bond acceptors (Lipinski definition) is 4. The molecule has 0 unspecified atom stereocenters. The molecular weight excluding hydrogens is 254 g/mol. The maximum Gasteiger partial charge on any atom is 0.222 e. The van der Waals surface area contributed by atoms with Crippen LogP contribution < -0.4 is 14.2 Å². The van der Waals surface area contributed by atoms with E-state index in [-0.39, 0.29) is 0 Å². The largest absolute Gasteiger partial charge is 0.493 e. The predicted molar refractivity (Wildman–Crippen MR) is 77.9 cm³/mol. The van der Waals surface area contributed by atoms with E-state index in [1.165, 1.54) is 5.56 Å². The van der Waals surface area contributed by atoms with Crippen LogP contribution in [0.15, 0.2) is 36.4 Å². The Labute approximate surface area is 119 Å². The zero-order valence-corrected chi connectivity index (χ0v) is 12.1. The van der Waals surface area contributed by atoms with Crippen molar-refractivity contribution in [1.29, 1.82) is 0 Å². The summed E-state index contributed by atoms with van der Waals surface area (Å²) >= 11 is 0. The van der Waals surface area contributed by atoms with Crippen LogP contribution in [0.3, 0.4) is 0 Å². The van der Waals surface area contributed by atoms with Gasteiger partial charge in [0.2, 0.25) is 11.8 Å². The zero-order valence-electron chi connectivity index (χ0n) is 12.1. The number of aryl methyl sites for hydroxylation is 1. The van der Waals surface area contributed by atoms with Gasteiger partial charge in [0.15, 0.2) is 11.5 Å². The van der Waals surface area contributed by atoms with Crippen LogP contribution in [0.1, 0.15) is 19.4 Å². The highest BCUT2D eigenvalue weighted by Gasteiger charge is 2.08. The van der Waals surface area contributed by atoms with Gasteiger partial charge in [0.1, 0.15) is 0 Å². The minimum atomic E-state index is 0.485. The zero-order chi connectivity index (χ0) is 14.4. The summed E-state index contributed by atoms with van der Waals surface area (Å²) in [6, 6.07) is 11.3. The van der Waals surface area contributed by atoms with E-state index < -0.39 is 0 Å². The van der Waals surface area contributed by atoms with Crippen LogP contribution in [0.4, 0.5) is 0 Å². The minimum absolute atomic E-state index is 0.485. The first-order valence-corrected chi connectivity index (χ1v) is 6.71. The summed E-state index contributed by atoms with van der Waals surface area (Å²) in [7, 11) is 1.63. The molecule has 2 aromatic rings. The quantitative estimate of drug-likeness (QED) is 0.801. The molecule has 0 fully saturated rings. The number of nitrogens with zero attached hydrogens (tertiary/aromatic N) is 1. The summed E-state index contributed by atoms with van der Waals surface area (Å²) in [5.74, 6) is 2.38. The van der Waals surface area contributed by atoms with E-state index in [1.54, 1.807) is 19.2 Å². The van der Waals surface area contributed by atoms with Crippen molar-refractivity contribution in [3.8, 4) is 23.3 Å². The Hall–Kier alpha value is -2.23. The molecule has 2 rings (SSSR count). The summed E-state index contributed by atoms with van der Waals surface area (Å²) in [6.45, 7) is 4.59. The summed E-state index contributed by atoms with van der Waals surface area (Å²) in [4.78, 5) is 4.28. The van der Waals surface area contributed by atoms with Crippen molar-refractivity contribution in [2.75, 3.05) is 13.7 Å². The Balaban J connectivity index is 2.22. The first-order chi connectivity index (χ1) is 9.76. The molecular formula is C16H19NO3. The van der Waals surface area contributed by atoms with E-state index in [1.807, 2.05) is 31.2 Å². The van der Waals surface area contributed by atoms with Crippen LogP contribution in [0.2, 0.25) is 0 Å². The van der Waals surface area contributed by atoms with Gasteiger partial charge in [-0.3, -0.25) is 0 Å². The van der Waals surface area contributed by atoms with Crippen molar-refractivity contribution in [2.45, 2.75) is 20.3 Å². The van der Waals surface area contributed by atoms with Gasteiger partial charge < -0.3 is 14.2 Å². The van der Waals surface area contributed by atoms with E-state index in [2.05, 4.69) is 11.9 Å². The Bertz CT molecular complexity index is 569. The summed E-state index contributed by atoms with van der Waals surface area (Å²) in [5.41, 5.74) is 1.20. The van der Waals surface area contributed by atoms with Gasteiger partial charge in [-0.15, -0.1) is 0 Å². The predicted octanol–water partition coefficient (Wildman–Crippen LogP) is 3.84. The molecule has 1 heterocycles. The Morgan fingerprint density at radius 2 is 1.80 bits per heavy atom. The number of hydrogen-bond donors (Lipinski definition) is 0. The molecule has 0 amide bonds. The molecule has 106 valence electrons. The van der Waals surface area contributed by atoms with Crippen LogP contribution >= 0.6 is 0 Å². The summed E-state index contributed by atoms with van der Waals surface area (Å²) < 4.78 is 16.5. The van der Waals surface area contributed by atoms with Crippen molar-refractivity contribution >= 4 is 0 Å². The molecule has 0 N–H and O–H groups in total. The van der Waals surface area contributed by atoms with Crippen LogP contribution in [-0.2, 0) is 6.42 Å². The number of rotatable bonds is 6. The second-order valence-corrected chi connectivity index (χ2v) is 4.19. The van der Waals surface area contributed by atoms with Gasteiger partial charge in [-0.2, -0.15) is 4.98 Å². The molecule has 0 saturated carbocycles. The molecule has 0 aliphatic rings. The molecule has 0 saturated heterocycles. The molecule has 0 aliphatic heterocycles. The maximum absolute atomic E-state index is 5.77. The number of ether oxygens (including phenoxy) is 3. The van der Waals surface area contributed by atoms with E-state index >= 15 is 0 Å². The van der Waals surface area contributed by atoms with Gasteiger partial charge in [-0.1, -0.05) is 19.1 Å². The fourth-order valence-electron chi connectivity index (χ4n) is 1.81. The lowest BCUT2D eigenvalue weighted by molar-refractivity contribution is 0.319. The highest BCUT2D eigenvalue weighted by atomic mass is 16.5.